The van der Waals surface area contributed by atoms with Crippen molar-refractivity contribution in [3.05, 3.63) is 36.7 Å². The molecule has 1 amide bonds. The number of aromatic nitrogens is 3. The average molecular weight is 332 g/mol. The van der Waals surface area contributed by atoms with Crippen LogP contribution in [0.25, 0.3) is 5.69 Å². The Kier molecular flexibility index (Phi) is 5.30. The van der Waals surface area contributed by atoms with Gasteiger partial charge in [-0.3, -0.25) is 9.36 Å². The molecule has 122 valence electrons. The Labute approximate surface area is 139 Å². The fourth-order valence-corrected chi connectivity index (χ4v) is 3.31. The van der Waals surface area contributed by atoms with Crippen LogP contribution in [0.15, 0.2) is 41.8 Å². The Morgan fingerprint density at radius 3 is 3.04 bits per heavy atom. The molecule has 3 rings (SSSR count). The summed E-state index contributed by atoms with van der Waals surface area (Å²) >= 11 is 1.40. The zero-order chi connectivity index (χ0) is 16.1. The molecular weight excluding hydrogens is 312 g/mol. The van der Waals surface area contributed by atoms with Gasteiger partial charge in [0.15, 0.2) is 5.16 Å². The van der Waals surface area contributed by atoms with Gasteiger partial charge in [0.2, 0.25) is 5.91 Å². The molecule has 0 spiro atoms. The van der Waals surface area contributed by atoms with Crippen molar-refractivity contribution in [3.63, 3.8) is 0 Å². The van der Waals surface area contributed by atoms with Crippen molar-refractivity contribution in [1.82, 2.24) is 20.1 Å². The van der Waals surface area contributed by atoms with Crippen LogP contribution in [-0.4, -0.2) is 45.2 Å². The monoisotopic (exact) mass is 332 g/mol. The first-order valence-corrected chi connectivity index (χ1v) is 8.63. The average Bonchev–Trinajstić information content (AvgIpc) is 3.25. The number of hydrogen-bond acceptors (Lipinski definition) is 5. The number of benzene rings is 1. The molecule has 0 bridgehead atoms. The van der Waals surface area contributed by atoms with Crippen LogP contribution in [0.2, 0.25) is 0 Å². The van der Waals surface area contributed by atoms with E-state index in [4.69, 9.17) is 4.74 Å². The largest absolute Gasteiger partial charge is 0.376 e. The van der Waals surface area contributed by atoms with Crippen molar-refractivity contribution in [3.8, 4) is 5.69 Å². The van der Waals surface area contributed by atoms with Crippen LogP contribution in [0, 0.1) is 0 Å². The van der Waals surface area contributed by atoms with Gasteiger partial charge in [0.05, 0.1) is 11.4 Å². The lowest BCUT2D eigenvalue weighted by molar-refractivity contribution is -0.120. The lowest BCUT2D eigenvalue weighted by Gasteiger charge is -2.14. The first-order valence-electron chi connectivity index (χ1n) is 7.75. The van der Waals surface area contributed by atoms with Gasteiger partial charge in [0, 0.05) is 18.8 Å². The van der Waals surface area contributed by atoms with Gasteiger partial charge in [0.25, 0.3) is 0 Å². The molecule has 2 atom stereocenters. The van der Waals surface area contributed by atoms with E-state index in [2.05, 4.69) is 15.5 Å². The Morgan fingerprint density at radius 1 is 1.48 bits per heavy atom. The third-order valence-electron chi connectivity index (χ3n) is 3.73. The Balaban J connectivity index is 1.58. The van der Waals surface area contributed by atoms with E-state index >= 15 is 0 Å². The number of para-hydroxylation sites is 1. The number of thioether (sulfide) groups is 1. The fourth-order valence-electron chi connectivity index (χ4n) is 2.45. The van der Waals surface area contributed by atoms with Gasteiger partial charge in [-0.25, -0.2) is 0 Å². The Bertz CT molecular complexity index is 641. The molecule has 2 aromatic rings. The summed E-state index contributed by atoms with van der Waals surface area (Å²) in [7, 11) is 0. The van der Waals surface area contributed by atoms with Crippen LogP contribution in [0.3, 0.4) is 0 Å². The van der Waals surface area contributed by atoms with E-state index in [-0.39, 0.29) is 17.3 Å². The molecule has 1 aliphatic rings. The summed E-state index contributed by atoms with van der Waals surface area (Å²) in [6, 6.07) is 9.84. The summed E-state index contributed by atoms with van der Waals surface area (Å²) in [5, 5.41) is 11.5. The number of rotatable bonds is 6. The highest BCUT2D eigenvalue weighted by atomic mass is 32.2. The van der Waals surface area contributed by atoms with Gasteiger partial charge in [0.1, 0.15) is 6.33 Å². The third kappa shape index (κ3) is 4.11. The second kappa shape index (κ2) is 7.61. The summed E-state index contributed by atoms with van der Waals surface area (Å²) < 4.78 is 7.40. The highest BCUT2D eigenvalue weighted by Crippen LogP contribution is 2.23. The maximum atomic E-state index is 12.2. The minimum Gasteiger partial charge on any atom is -0.376 e. The maximum absolute atomic E-state index is 12.2. The van der Waals surface area contributed by atoms with E-state index in [0.29, 0.717) is 11.7 Å². The molecule has 6 nitrogen and oxygen atoms in total. The summed E-state index contributed by atoms with van der Waals surface area (Å²) in [6.45, 7) is 3.25. The molecule has 1 aromatic carbocycles. The number of nitrogens with zero attached hydrogens (tertiary/aromatic N) is 3. The lowest BCUT2D eigenvalue weighted by Crippen LogP contribution is -2.36. The third-order valence-corrected chi connectivity index (χ3v) is 4.79. The summed E-state index contributed by atoms with van der Waals surface area (Å²) in [5.74, 6) is -0.00638. The lowest BCUT2D eigenvalue weighted by atomic mass is 10.2. The smallest absolute Gasteiger partial charge is 0.233 e. The van der Waals surface area contributed by atoms with Crippen molar-refractivity contribution in [1.29, 1.82) is 0 Å². The minimum absolute atomic E-state index is 0.00638. The van der Waals surface area contributed by atoms with E-state index in [0.717, 1.165) is 25.1 Å². The first kappa shape index (κ1) is 16.0. The zero-order valence-electron chi connectivity index (χ0n) is 13.0. The predicted octanol–water partition coefficient (Wildman–Crippen LogP) is 2.04. The fraction of sp³-hybridized carbons (Fsp3) is 0.438. The van der Waals surface area contributed by atoms with Crippen LogP contribution < -0.4 is 5.32 Å². The molecule has 0 radical (unpaired) electrons. The minimum atomic E-state index is -0.247. The van der Waals surface area contributed by atoms with Crippen molar-refractivity contribution in [2.75, 3.05) is 13.2 Å². The number of ether oxygens (including phenoxy) is 1. The Morgan fingerprint density at radius 2 is 2.30 bits per heavy atom. The standard InChI is InChI=1S/C16H20N4O2S/c1-12(15(21)17-10-14-8-5-9-22-14)23-16-19-18-11-20(16)13-6-3-2-4-7-13/h2-4,6-7,11-12,14H,5,8-10H2,1H3,(H,17,21). The SMILES string of the molecule is CC(Sc1nncn1-c1ccccc1)C(=O)NCC1CCCO1. The molecule has 1 N–H and O–H groups in total. The van der Waals surface area contributed by atoms with E-state index in [1.165, 1.54) is 11.8 Å². The van der Waals surface area contributed by atoms with Crippen molar-refractivity contribution < 1.29 is 9.53 Å². The first-order chi connectivity index (χ1) is 11.2. The second-order valence-corrected chi connectivity index (χ2v) is 6.77. The molecule has 23 heavy (non-hydrogen) atoms. The molecule has 2 heterocycles. The van der Waals surface area contributed by atoms with E-state index in [1.807, 2.05) is 41.8 Å². The van der Waals surface area contributed by atoms with Gasteiger partial charge < -0.3 is 10.1 Å². The number of nitrogens with one attached hydrogen (secondary N) is 1. The van der Waals surface area contributed by atoms with Gasteiger partial charge in [-0.05, 0) is 31.9 Å². The van der Waals surface area contributed by atoms with E-state index < -0.39 is 0 Å². The van der Waals surface area contributed by atoms with Crippen molar-refractivity contribution >= 4 is 17.7 Å². The van der Waals surface area contributed by atoms with E-state index in [1.54, 1.807) is 6.33 Å². The molecule has 2 unspecified atom stereocenters. The van der Waals surface area contributed by atoms with Gasteiger partial charge >= 0.3 is 0 Å². The number of carbonyl (C=O) groups is 1. The number of amides is 1. The van der Waals surface area contributed by atoms with Crippen LogP contribution >= 0.6 is 11.8 Å². The molecule has 1 saturated heterocycles. The summed E-state index contributed by atoms with van der Waals surface area (Å²) in [6.07, 6.45) is 3.91. The molecule has 1 aliphatic heterocycles. The van der Waals surface area contributed by atoms with Gasteiger partial charge in [-0.2, -0.15) is 0 Å². The van der Waals surface area contributed by atoms with Crippen LogP contribution in [0.1, 0.15) is 19.8 Å². The number of hydrogen-bond donors (Lipinski definition) is 1. The molecule has 0 aliphatic carbocycles. The van der Waals surface area contributed by atoms with E-state index in [9.17, 15) is 4.79 Å². The quantitative estimate of drug-likeness (QED) is 0.820. The normalized spacial score (nSPS) is 18.7. The molecule has 7 heteroatoms. The predicted molar refractivity (Wildman–Crippen MR) is 88.7 cm³/mol. The molecule has 1 aromatic heterocycles. The highest BCUT2D eigenvalue weighted by molar-refractivity contribution is 8.00. The number of carbonyl (C=O) groups excluding carboxylic acids is 1. The highest BCUT2D eigenvalue weighted by Gasteiger charge is 2.21. The summed E-state index contributed by atoms with van der Waals surface area (Å²) in [4.78, 5) is 12.2. The topological polar surface area (TPSA) is 69.0 Å². The molecule has 0 saturated carbocycles. The molecular formula is C16H20N4O2S. The van der Waals surface area contributed by atoms with Crippen LogP contribution in [0.4, 0.5) is 0 Å². The van der Waals surface area contributed by atoms with Crippen LogP contribution in [-0.2, 0) is 9.53 Å². The second-order valence-electron chi connectivity index (χ2n) is 5.46. The zero-order valence-corrected chi connectivity index (χ0v) is 13.8. The Hall–Kier alpha value is -1.86. The van der Waals surface area contributed by atoms with Crippen molar-refractivity contribution in [2.45, 2.75) is 36.3 Å². The van der Waals surface area contributed by atoms with Crippen LogP contribution in [0.5, 0.6) is 0 Å². The summed E-state index contributed by atoms with van der Waals surface area (Å²) in [5.41, 5.74) is 0.979. The van der Waals surface area contributed by atoms with Gasteiger partial charge in [-0.1, -0.05) is 30.0 Å². The molecule has 1 fully saturated rings. The van der Waals surface area contributed by atoms with Crippen molar-refractivity contribution in [2.24, 2.45) is 0 Å². The van der Waals surface area contributed by atoms with Gasteiger partial charge in [-0.15, -0.1) is 10.2 Å². The maximum Gasteiger partial charge on any atom is 0.233 e.